The topological polar surface area (TPSA) is 74.7 Å². The fourth-order valence-electron chi connectivity index (χ4n) is 2.06. The van der Waals surface area contributed by atoms with E-state index in [1.165, 1.54) is 4.90 Å². The second-order valence-electron chi connectivity index (χ2n) is 6.28. The fraction of sp³-hybridized carbons (Fsp3) is 0.786. The molecule has 0 aromatic rings. The van der Waals surface area contributed by atoms with Gasteiger partial charge in [-0.3, -0.25) is 9.59 Å². The van der Waals surface area contributed by atoms with Gasteiger partial charge in [-0.05, 0) is 12.8 Å². The molecule has 0 aromatic heterocycles. The van der Waals surface area contributed by atoms with Gasteiger partial charge in [-0.15, -0.1) is 0 Å². The highest BCUT2D eigenvalue weighted by Crippen LogP contribution is 2.26. The molecule has 0 bridgehead atoms. The van der Waals surface area contributed by atoms with Crippen molar-refractivity contribution in [3.8, 4) is 0 Å². The summed E-state index contributed by atoms with van der Waals surface area (Å²) < 4.78 is 0. The molecule has 1 saturated heterocycles. The highest BCUT2D eigenvalue weighted by atomic mass is 32.2. The number of aliphatic carboxylic acids is 1. The van der Waals surface area contributed by atoms with E-state index in [-0.39, 0.29) is 16.9 Å². The largest absolute Gasteiger partial charge is 0.480 e. The molecular formula is C14H23NO4S. The molecular weight excluding hydrogens is 278 g/mol. The Bertz CT molecular complexity index is 402. The van der Waals surface area contributed by atoms with Gasteiger partial charge in [0, 0.05) is 23.6 Å². The van der Waals surface area contributed by atoms with E-state index in [4.69, 9.17) is 5.11 Å². The molecule has 1 aliphatic heterocycles. The predicted octanol–water partition coefficient (Wildman–Crippen LogP) is 2.00. The van der Waals surface area contributed by atoms with Crippen molar-refractivity contribution < 1.29 is 19.5 Å². The summed E-state index contributed by atoms with van der Waals surface area (Å²) in [7, 11) is 0. The van der Waals surface area contributed by atoms with E-state index >= 15 is 0 Å². The van der Waals surface area contributed by atoms with Crippen LogP contribution in [0.2, 0.25) is 0 Å². The van der Waals surface area contributed by atoms with E-state index in [0.29, 0.717) is 18.7 Å². The number of carbonyl (C=O) groups excluding carboxylic acids is 2. The third kappa shape index (κ3) is 4.23. The Hall–Kier alpha value is -1.04. The Kier molecular flexibility index (Phi) is 5.62. The number of likely N-dealkylation sites (tertiary alicyclic amines) is 1. The smallest absolute Gasteiger partial charge is 0.326 e. The maximum absolute atomic E-state index is 12.3. The summed E-state index contributed by atoms with van der Waals surface area (Å²) in [5.74, 6) is -1.05. The quantitative estimate of drug-likeness (QED) is 0.859. The van der Waals surface area contributed by atoms with Gasteiger partial charge in [-0.2, -0.15) is 0 Å². The molecule has 1 rings (SSSR count). The Morgan fingerprint density at radius 2 is 1.95 bits per heavy atom. The number of nitrogens with zero attached hydrogens (tertiary/aromatic N) is 1. The van der Waals surface area contributed by atoms with Gasteiger partial charge in [0.1, 0.15) is 6.04 Å². The van der Waals surface area contributed by atoms with Gasteiger partial charge in [0.2, 0.25) is 5.91 Å². The van der Waals surface area contributed by atoms with Crippen molar-refractivity contribution in [2.24, 2.45) is 11.3 Å². The number of hydrogen-bond donors (Lipinski definition) is 1. The molecule has 0 radical (unpaired) electrons. The van der Waals surface area contributed by atoms with Crippen LogP contribution in [0.5, 0.6) is 0 Å². The summed E-state index contributed by atoms with van der Waals surface area (Å²) in [5, 5.41) is 9.14. The van der Waals surface area contributed by atoms with Crippen LogP contribution in [0, 0.1) is 11.3 Å². The number of amides is 1. The van der Waals surface area contributed by atoms with Crippen molar-refractivity contribution in [1.29, 1.82) is 0 Å². The number of carbonyl (C=O) groups is 3. The summed E-state index contributed by atoms with van der Waals surface area (Å²) in [5.41, 5.74) is -0.426. The Morgan fingerprint density at radius 1 is 1.35 bits per heavy atom. The lowest BCUT2D eigenvalue weighted by molar-refractivity contribution is -0.149. The minimum atomic E-state index is -0.943. The Morgan fingerprint density at radius 3 is 2.45 bits per heavy atom. The van der Waals surface area contributed by atoms with Crippen molar-refractivity contribution in [2.75, 3.05) is 12.3 Å². The summed E-state index contributed by atoms with van der Waals surface area (Å²) >= 11 is 1.15. The second-order valence-corrected chi connectivity index (χ2v) is 7.27. The molecule has 1 N–H and O–H groups in total. The zero-order valence-corrected chi connectivity index (χ0v) is 13.3. The van der Waals surface area contributed by atoms with Gasteiger partial charge in [0.15, 0.2) is 5.12 Å². The van der Waals surface area contributed by atoms with Gasteiger partial charge in [-0.1, -0.05) is 39.5 Å². The standard InChI is InChI=1S/C14H23NO4S/c1-9(8-20-13(19)14(2,3)4)11(16)15-7-5-6-10(15)12(17)18/h9-10H,5-8H2,1-4H3,(H,17,18). The van der Waals surface area contributed by atoms with E-state index in [9.17, 15) is 14.4 Å². The molecule has 0 saturated carbocycles. The van der Waals surface area contributed by atoms with Gasteiger partial charge in [0.25, 0.3) is 0 Å². The van der Waals surface area contributed by atoms with Crippen LogP contribution in [0.25, 0.3) is 0 Å². The number of carboxylic acid groups (broad SMARTS) is 1. The van der Waals surface area contributed by atoms with Gasteiger partial charge in [0.05, 0.1) is 0 Å². The van der Waals surface area contributed by atoms with Crippen molar-refractivity contribution in [3.63, 3.8) is 0 Å². The first-order valence-corrected chi connectivity index (χ1v) is 7.83. The average molecular weight is 301 g/mol. The molecule has 20 heavy (non-hydrogen) atoms. The van der Waals surface area contributed by atoms with Crippen LogP contribution >= 0.6 is 11.8 Å². The maximum Gasteiger partial charge on any atom is 0.326 e. The first-order chi connectivity index (χ1) is 9.14. The molecule has 0 aromatic carbocycles. The summed E-state index contributed by atoms with van der Waals surface area (Å²) in [6.07, 6.45) is 1.24. The number of thioether (sulfide) groups is 1. The zero-order valence-electron chi connectivity index (χ0n) is 12.5. The fourth-order valence-corrected chi connectivity index (χ4v) is 3.04. The third-order valence-electron chi connectivity index (χ3n) is 3.32. The zero-order chi connectivity index (χ0) is 15.5. The van der Waals surface area contributed by atoms with Crippen molar-refractivity contribution in [3.05, 3.63) is 0 Å². The SMILES string of the molecule is CC(CSC(=O)C(C)(C)C)C(=O)N1CCCC1C(=O)O. The monoisotopic (exact) mass is 301 g/mol. The molecule has 1 amide bonds. The maximum atomic E-state index is 12.3. The third-order valence-corrected chi connectivity index (χ3v) is 4.86. The second kappa shape index (κ2) is 6.61. The van der Waals surface area contributed by atoms with Crippen LogP contribution in [0.1, 0.15) is 40.5 Å². The minimum Gasteiger partial charge on any atom is -0.480 e. The molecule has 0 spiro atoms. The molecule has 2 unspecified atom stereocenters. The van der Waals surface area contributed by atoms with Crippen LogP contribution in [-0.4, -0.2) is 45.3 Å². The Labute approximate surface area is 124 Å². The van der Waals surface area contributed by atoms with Crippen LogP contribution in [-0.2, 0) is 14.4 Å². The van der Waals surface area contributed by atoms with Gasteiger partial charge >= 0.3 is 5.97 Å². The lowest BCUT2D eigenvalue weighted by Crippen LogP contribution is -2.43. The molecule has 1 aliphatic rings. The van der Waals surface area contributed by atoms with Crippen LogP contribution in [0.15, 0.2) is 0 Å². The minimum absolute atomic E-state index is 0.0494. The highest BCUT2D eigenvalue weighted by molar-refractivity contribution is 8.13. The highest BCUT2D eigenvalue weighted by Gasteiger charge is 2.36. The summed E-state index contributed by atoms with van der Waals surface area (Å²) in [6, 6.07) is -0.701. The van der Waals surface area contributed by atoms with Crippen molar-refractivity contribution >= 4 is 28.8 Å². The lowest BCUT2D eigenvalue weighted by atomic mass is 10.00. The Balaban J connectivity index is 2.55. The molecule has 2 atom stereocenters. The molecule has 1 heterocycles. The molecule has 0 aliphatic carbocycles. The van der Waals surface area contributed by atoms with E-state index in [1.807, 2.05) is 20.8 Å². The van der Waals surface area contributed by atoms with Crippen LogP contribution < -0.4 is 0 Å². The molecule has 1 fully saturated rings. The molecule has 114 valence electrons. The lowest BCUT2D eigenvalue weighted by Gasteiger charge is -2.25. The first kappa shape index (κ1) is 17.0. The predicted molar refractivity (Wildman–Crippen MR) is 78.5 cm³/mol. The van der Waals surface area contributed by atoms with E-state index in [0.717, 1.165) is 18.2 Å². The van der Waals surface area contributed by atoms with E-state index < -0.39 is 17.4 Å². The normalized spacial score (nSPS) is 20.8. The van der Waals surface area contributed by atoms with Crippen LogP contribution in [0.4, 0.5) is 0 Å². The number of rotatable bonds is 4. The van der Waals surface area contributed by atoms with E-state index in [2.05, 4.69) is 0 Å². The number of carboxylic acids is 1. The molecule has 6 heteroatoms. The molecule has 5 nitrogen and oxygen atoms in total. The van der Waals surface area contributed by atoms with Crippen molar-refractivity contribution in [1.82, 2.24) is 4.90 Å². The van der Waals surface area contributed by atoms with Gasteiger partial charge < -0.3 is 10.0 Å². The summed E-state index contributed by atoms with van der Waals surface area (Å²) in [6.45, 7) is 7.78. The first-order valence-electron chi connectivity index (χ1n) is 6.85. The average Bonchev–Trinajstić information content (AvgIpc) is 2.82. The van der Waals surface area contributed by atoms with Gasteiger partial charge in [-0.25, -0.2) is 4.79 Å². The number of hydrogen-bond acceptors (Lipinski definition) is 4. The van der Waals surface area contributed by atoms with E-state index in [1.54, 1.807) is 6.92 Å². The van der Waals surface area contributed by atoms with Crippen LogP contribution in [0.3, 0.4) is 0 Å². The summed E-state index contributed by atoms with van der Waals surface area (Å²) in [4.78, 5) is 36.6. The van der Waals surface area contributed by atoms with Crippen molar-refractivity contribution in [2.45, 2.75) is 46.6 Å².